The molecule has 1 unspecified atom stereocenters. The summed E-state index contributed by atoms with van der Waals surface area (Å²) in [5.74, 6) is -0.0383. The van der Waals surface area contributed by atoms with E-state index in [1.54, 1.807) is 12.2 Å². The van der Waals surface area contributed by atoms with Gasteiger partial charge in [0.2, 0.25) is 0 Å². The topological polar surface area (TPSA) is 82.4 Å². The van der Waals surface area contributed by atoms with Crippen molar-refractivity contribution in [1.82, 2.24) is 15.4 Å². The number of hydrogen-bond acceptors (Lipinski definition) is 4. The molecular weight excluding hydrogens is 192 g/mol. The van der Waals surface area contributed by atoms with E-state index in [1.165, 1.54) is 0 Å². The molecule has 0 spiro atoms. The highest BCUT2D eigenvalue weighted by Gasteiger charge is 2.18. The number of carbonyl (C=O) groups is 1. The number of nitriles is 1. The molecule has 0 radical (unpaired) electrons. The lowest BCUT2D eigenvalue weighted by atomic mass is 9.93. The Bertz CT molecular complexity index is 478. The van der Waals surface area contributed by atoms with Crippen molar-refractivity contribution < 1.29 is 4.79 Å². The van der Waals surface area contributed by atoms with Gasteiger partial charge in [-0.15, -0.1) is 5.10 Å². The number of aromatic nitrogens is 3. The van der Waals surface area contributed by atoms with E-state index in [-0.39, 0.29) is 11.6 Å². The average Bonchev–Trinajstić information content (AvgIpc) is 2.77. The summed E-state index contributed by atoms with van der Waals surface area (Å²) in [6.07, 6.45) is 6.97. The third-order valence-corrected chi connectivity index (χ3v) is 2.26. The number of nitrogens with zero attached hydrogens (tertiary/aromatic N) is 3. The van der Waals surface area contributed by atoms with Crippen LogP contribution in [-0.2, 0) is 4.79 Å². The predicted octanol–water partition coefficient (Wildman–Crippen LogP) is 0.845. The van der Waals surface area contributed by atoms with Gasteiger partial charge in [-0.3, -0.25) is 4.79 Å². The molecule has 1 N–H and O–H groups in total. The van der Waals surface area contributed by atoms with Crippen molar-refractivity contribution in [2.45, 2.75) is 12.3 Å². The molecule has 0 amide bonds. The van der Waals surface area contributed by atoms with Gasteiger partial charge >= 0.3 is 0 Å². The fraction of sp³-hybridized carbons (Fsp3) is 0.200. The van der Waals surface area contributed by atoms with Crippen molar-refractivity contribution in [2.75, 3.05) is 0 Å². The Hall–Kier alpha value is -2.22. The number of aldehydes is 1. The zero-order chi connectivity index (χ0) is 10.7. The summed E-state index contributed by atoms with van der Waals surface area (Å²) in [6.45, 7) is 0. The van der Waals surface area contributed by atoms with Gasteiger partial charge in [0.05, 0.1) is 0 Å². The van der Waals surface area contributed by atoms with E-state index in [9.17, 15) is 4.79 Å². The van der Waals surface area contributed by atoms with Gasteiger partial charge in [-0.2, -0.15) is 15.6 Å². The Morgan fingerprint density at radius 1 is 1.60 bits per heavy atom. The molecule has 0 fully saturated rings. The number of allylic oxidation sites excluding steroid dienone is 4. The number of rotatable bonds is 2. The highest BCUT2D eigenvalue weighted by molar-refractivity contribution is 5.78. The largest absolute Gasteiger partial charge is 0.298 e. The average molecular weight is 200 g/mol. The van der Waals surface area contributed by atoms with Gasteiger partial charge < -0.3 is 0 Å². The van der Waals surface area contributed by atoms with Gasteiger partial charge in [-0.1, -0.05) is 18.2 Å². The third kappa shape index (κ3) is 1.70. The van der Waals surface area contributed by atoms with Crippen LogP contribution < -0.4 is 0 Å². The van der Waals surface area contributed by atoms with E-state index in [1.807, 2.05) is 12.1 Å². The quantitative estimate of drug-likeness (QED) is 0.717. The van der Waals surface area contributed by atoms with Crippen molar-refractivity contribution in [3.8, 4) is 6.07 Å². The molecule has 1 aromatic heterocycles. The van der Waals surface area contributed by atoms with Crippen molar-refractivity contribution >= 4 is 6.29 Å². The first kappa shape index (κ1) is 9.34. The Balaban J connectivity index is 2.34. The summed E-state index contributed by atoms with van der Waals surface area (Å²) in [5.41, 5.74) is 1.50. The minimum Gasteiger partial charge on any atom is -0.298 e. The smallest absolute Gasteiger partial charge is 0.186 e. The minimum absolute atomic E-state index is 0.0383. The van der Waals surface area contributed by atoms with Crippen LogP contribution in [0.1, 0.15) is 23.7 Å². The minimum atomic E-state index is -0.0383. The molecule has 15 heavy (non-hydrogen) atoms. The van der Waals surface area contributed by atoms with Crippen LogP contribution >= 0.6 is 0 Å². The second-order valence-corrected chi connectivity index (χ2v) is 3.20. The molecule has 2 rings (SSSR count). The molecule has 5 nitrogen and oxygen atoms in total. The highest BCUT2D eigenvalue weighted by atomic mass is 16.1. The first-order valence-electron chi connectivity index (χ1n) is 4.49. The van der Waals surface area contributed by atoms with Gasteiger partial charge in [0.1, 0.15) is 18.0 Å². The molecule has 0 saturated heterocycles. The van der Waals surface area contributed by atoms with Crippen LogP contribution in [0.2, 0.25) is 0 Å². The van der Waals surface area contributed by atoms with E-state index in [0.717, 1.165) is 12.7 Å². The molecule has 1 heterocycles. The van der Waals surface area contributed by atoms with Crippen LogP contribution in [0.5, 0.6) is 0 Å². The van der Waals surface area contributed by atoms with Crippen LogP contribution in [0.3, 0.4) is 0 Å². The molecule has 0 aliphatic heterocycles. The number of aromatic amines is 1. The Labute approximate surface area is 86.1 Å². The van der Waals surface area contributed by atoms with E-state index >= 15 is 0 Å². The first-order chi connectivity index (χ1) is 7.35. The third-order valence-electron chi connectivity index (χ3n) is 2.26. The van der Waals surface area contributed by atoms with Gasteiger partial charge in [0.15, 0.2) is 5.69 Å². The molecule has 1 aliphatic carbocycles. The Morgan fingerprint density at radius 2 is 2.47 bits per heavy atom. The number of H-pyrrole nitrogens is 1. The van der Waals surface area contributed by atoms with E-state index in [4.69, 9.17) is 5.26 Å². The molecule has 5 heteroatoms. The fourth-order valence-electron chi connectivity index (χ4n) is 1.56. The second-order valence-electron chi connectivity index (χ2n) is 3.20. The van der Waals surface area contributed by atoms with Crippen molar-refractivity contribution in [2.24, 2.45) is 0 Å². The predicted molar refractivity (Wildman–Crippen MR) is 51.7 cm³/mol. The normalized spacial score (nSPS) is 19.4. The summed E-state index contributed by atoms with van der Waals surface area (Å²) in [6, 6.07) is 1.96. The molecule has 74 valence electrons. The zero-order valence-corrected chi connectivity index (χ0v) is 7.84. The molecule has 0 saturated carbocycles. The summed E-state index contributed by atoms with van der Waals surface area (Å²) in [5, 5.41) is 18.8. The zero-order valence-electron chi connectivity index (χ0n) is 7.84. The summed E-state index contributed by atoms with van der Waals surface area (Å²) in [4.78, 5) is 10.6. The molecule has 1 aliphatic rings. The monoisotopic (exact) mass is 200 g/mol. The van der Waals surface area contributed by atoms with Crippen LogP contribution in [-0.4, -0.2) is 21.7 Å². The summed E-state index contributed by atoms with van der Waals surface area (Å²) < 4.78 is 0. The highest BCUT2D eigenvalue weighted by Crippen LogP contribution is 2.26. The second kappa shape index (κ2) is 3.88. The number of nitrogens with one attached hydrogen (secondary N) is 1. The van der Waals surface area contributed by atoms with Gasteiger partial charge in [-0.05, 0) is 6.42 Å². The maximum absolute atomic E-state index is 10.6. The standard InChI is InChI=1S/C10H8N4O/c11-5-9-10(13-14-12-9)8-3-1-2-7(4-8)6-15/h1-2,4,6,8H,3H2,(H,12,13,14). The molecular formula is C10H8N4O. The summed E-state index contributed by atoms with van der Waals surface area (Å²) >= 11 is 0. The number of hydrogen-bond donors (Lipinski definition) is 1. The maximum Gasteiger partial charge on any atom is 0.186 e. The van der Waals surface area contributed by atoms with Crippen LogP contribution in [0, 0.1) is 11.3 Å². The van der Waals surface area contributed by atoms with Gasteiger partial charge in [0.25, 0.3) is 0 Å². The maximum atomic E-state index is 10.6. The van der Waals surface area contributed by atoms with E-state index < -0.39 is 0 Å². The van der Waals surface area contributed by atoms with E-state index in [2.05, 4.69) is 15.4 Å². The molecule has 0 bridgehead atoms. The lowest BCUT2D eigenvalue weighted by Crippen LogP contribution is -2.02. The SMILES string of the molecule is N#Cc1n[nH]nc1C1C=C(C=O)C=CC1. The first-order valence-corrected chi connectivity index (χ1v) is 4.49. The number of carbonyl (C=O) groups excluding carboxylic acids is 1. The molecule has 1 atom stereocenters. The lowest BCUT2D eigenvalue weighted by Gasteiger charge is -2.11. The molecule has 0 aromatic carbocycles. The van der Waals surface area contributed by atoms with E-state index in [0.29, 0.717) is 11.3 Å². The fourth-order valence-corrected chi connectivity index (χ4v) is 1.56. The van der Waals surface area contributed by atoms with Gasteiger partial charge in [0, 0.05) is 11.5 Å². The lowest BCUT2D eigenvalue weighted by molar-refractivity contribution is -0.104. The van der Waals surface area contributed by atoms with Crippen molar-refractivity contribution in [3.05, 3.63) is 35.2 Å². The van der Waals surface area contributed by atoms with Crippen molar-refractivity contribution in [3.63, 3.8) is 0 Å². The Kier molecular flexibility index (Phi) is 2.42. The molecule has 1 aromatic rings. The van der Waals surface area contributed by atoms with Gasteiger partial charge in [-0.25, -0.2) is 0 Å². The Morgan fingerprint density at radius 3 is 3.20 bits per heavy atom. The van der Waals surface area contributed by atoms with Crippen LogP contribution in [0.4, 0.5) is 0 Å². The summed E-state index contributed by atoms with van der Waals surface area (Å²) in [7, 11) is 0. The van der Waals surface area contributed by atoms with Crippen LogP contribution in [0.25, 0.3) is 0 Å². The van der Waals surface area contributed by atoms with Crippen molar-refractivity contribution in [1.29, 1.82) is 5.26 Å². The van der Waals surface area contributed by atoms with Crippen LogP contribution in [0.15, 0.2) is 23.8 Å².